The molecule has 0 radical (unpaired) electrons. The van der Waals surface area contributed by atoms with Crippen LogP contribution in [0.3, 0.4) is 0 Å². The molecule has 2 amide bonds. The average molecular weight is 405 g/mol. The summed E-state index contributed by atoms with van der Waals surface area (Å²) in [5.41, 5.74) is 2.11. The molecule has 2 aromatic carbocycles. The first kappa shape index (κ1) is 18.1. The topological polar surface area (TPSA) is 58.6 Å². The zero-order valence-corrected chi connectivity index (χ0v) is 16.0. The van der Waals surface area contributed by atoms with Crippen molar-refractivity contribution in [3.05, 3.63) is 57.6 Å². The lowest BCUT2D eigenvalue weighted by Gasteiger charge is -2.24. The molecule has 5 nitrogen and oxygen atoms in total. The number of likely N-dealkylation sites (tertiary alicyclic amines) is 1. The summed E-state index contributed by atoms with van der Waals surface area (Å²) >= 11 is 12.2. The number of hydrogen-bond acceptors (Lipinski definition) is 3. The van der Waals surface area contributed by atoms with Crippen molar-refractivity contribution >= 4 is 40.7 Å². The molecule has 0 spiro atoms. The Labute approximate surface area is 167 Å². The largest absolute Gasteiger partial charge is 0.493 e. The Bertz CT molecular complexity index is 916. The first-order chi connectivity index (χ1) is 13.0. The van der Waals surface area contributed by atoms with Gasteiger partial charge in [-0.05, 0) is 54.8 Å². The quantitative estimate of drug-likeness (QED) is 0.834. The van der Waals surface area contributed by atoms with Gasteiger partial charge in [-0.15, -0.1) is 0 Å². The van der Waals surface area contributed by atoms with Gasteiger partial charge in [-0.25, -0.2) is 0 Å². The number of benzene rings is 2. The molecule has 4 rings (SSSR count). The van der Waals surface area contributed by atoms with Crippen molar-refractivity contribution < 1.29 is 14.3 Å². The van der Waals surface area contributed by atoms with E-state index in [1.165, 1.54) is 0 Å². The van der Waals surface area contributed by atoms with E-state index in [1.807, 2.05) is 18.2 Å². The highest BCUT2D eigenvalue weighted by atomic mass is 35.5. The molecule has 0 bridgehead atoms. The standard InChI is InChI=1S/C20H18Cl2N2O3/c21-13-3-5-16(22)15(11-13)20(26)24-8-1-2-17(24)19(25)23-14-4-6-18-12(10-14)7-9-27-18/h3-6,10-11,17H,1-2,7-9H2,(H,23,25)/t17-/m0/s1. The molecule has 2 aromatic rings. The van der Waals surface area contributed by atoms with Crippen LogP contribution in [0.25, 0.3) is 0 Å². The summed E-state index contributed by atoms with van der Waals surface area (Å²) in [6, 6.07) is 9.84. The average Bonchev–Trinajstić information content (AvgIpc) is 3.31. The van der Waals surface area contributed by atoms with E-state index >= 15 is 0 Å². The summed E-state index contributed by atoms with van der Waals surface area (Å²) in [6.45, 7) is 1.18. The van der Waals surface area contributed by atoms with Crippen molar-refractivity contribution in [1.82, 2.24) is 4.90 Å². The van der Waals surface area contributed by atoms with Crippen molar-refractivity contribution in [3.8, 4) is 5.75 Å². The lowest BCUT2D eigenvalue weighted by Crippen LogP contribution is -2.43. The molecule has 0 unspecified atom stereocenters. The maximum atomic E-state index is 12.9. The minimum atomic E-state index is -0.531. The molecule has 7 heteroatoms. The van der Waals surface area contributed by atoms with Gasteiger partial charge in [0, 0.05) is 23.7 Å². The highest BCUT2D eigenvalue weighted by Gasteiger charge is 2.35. The van der Waals surface area contributed by atoms with Crippen molar-refractivity contribution in [2.45, 2.75) is 25.3 Å². The molecular formula is C20H18Cl2N2O3. The van der Waals surface area contributed by atoms with Crippen LogP contribution in [0.5, 0.6) is 5.75 Å². The molecule has 1 saturated heterocycles. The highest BCUT2D eigenvalue weighted by Crippen LogP contribution is 2.29. The predicted molar refractivity (Wildman–Crippen MR) is 105 cm³/mol. The van der Waals surface area contributed by atoms with E-state index in [-0.39, 0.29) is 11.8 Å². The fraction of sp³-hybridized carbons (Fsp3) is 0.300. The smallest absolute Gasteiger partial charge is 0.256 e. The van der Waals surface area contributed by atoms with Crippen LogP contribution in [0.2, 0.25) is 10.0 Å². The van der Waals surface area contributed by atoms with E-state index in [1.54, 1.807) is 23.1 Å². The second-order valence-electron chi connectivity index (χ2n) is 6.69. The van der Waals surface area contributed by atoms with Gasteiger partial charge in [-0.3, -0.25) is 9.59 Å². The molecule has 0 saturated carbocycles. The van der Waals surface area contributed by atoms with Crippen LogP contribution < -0.4 is 10.1 Å². The summed E-state index contributed by atoms with van der Waals surface area (Å²) in [5, 5.41) is 3.69. The maximum Gasteiger partial charge on any atom is 0.256 e. The first-order valence-electron chi connectivity index (χ1n) is 8.85. The van der Waals surface area contributed by atoms with Crippen LogP contribution in [0.1, 0.15) is 28.8 Å². The Morgan fingerprint density at radius 3 is 2.85 bits per heavy atom. The minimum Gasteiger partial charge on any atom is -0.493 e. The zero-order valence-electron chi connectivity index (χ0n) is 14.5. The number of fused-ring (bicyclic) bond motifs is 1. The van der Waals surface area contributed by atoms with Gasteiger partial charge < -0.3 is 15.0 Å². The number of carbonyl (C=O) groups is 2. The lowest BCUT2D eigenvalue weighted by molar-refractivity contribution is -0.119. The Morgan fingerprint density at radius 1 is 1.15 bits per heavy atom. The Morgan fingerprint density at radius 2 is 2.00 bits per heavy atom. The normalized spacial score (nSPS) is 18.1. The molecule has 1 fully saturated rings. The van der Waals surface area contributed by atoms with Crippen molar-refractivity contribution in [2.24, 2.45) is 0 Å². The van der Waals surface area contributed by atoms with Crippen LogP contribution in [0.4, 0.5) is 5.69 Å². The third-order valence-corrected chi connectivity index (χ3v) is 5.50. The third kappa shape index (κ3) is 3.62. The summed E-state index contributed by atoms with van der Waals surface area (Å²) < 4.78 is 5.49. The summed E-state index contributed by atoms with van der Waals surface area (Å²) in [4.78, 5) is 27.3. The van der Waals surface area contributed by atoms with Gasteiger partial charge in [0.2, 0.25) is 5.91 Å². The van der Waals surface area contributed by atoms with E-state index in [0.717, 1.165) is 24.2 Å². The second kappa shape index (κ2) is 7.41. The van der Waals surface area contributed by atoms with Crippen LogP contribution >= 0.6 is 23.2 Å². The van der Waals surface area contributed by atoms with Gasteiger partial charge in [-0.1, -0.05) is 23.2 Å². The van der Waals surface area contributed by atoms with Crippen molar-refractivity contribution in [3.63, 3.8) is 0 Å². The molecule has 1 atom stereocenters. The summed E-state index contributed by atoms with van der Waals surface area (Å²) in [5.74, 6) is 0.390. The van der Waals surface area contributed by atoms with Gasteiger partial charge in [0.15, 0.2) is 0 Å². The van der Waals surface area contributed by atoms with E-state index < -0.39 is 6.04 Å². The molecule has 2 aliphatic rings. The fourth-order valence-electron chi connectivity index (χ4n) is 3.59. The maximum absolute atomic E-state index is 12.9. The molecular weight excluding hydrogens is 387 g/mol. The number of hydrogen-bond donors (Lipinski definition) is 1. The number of rotatable bonds is 3. The van der Waals surface area contributed by atoms with Gasteiger partial charge in [0.1, 0.15) is 11.8 Å². The number of nitrogens with one attached hydrogen (secondary N) is 1. The molecule has 0 aliphatic carbocycles. The van der Waals surface area contributed by atoms with Crippen LogP contribution in [0, 0.1) is 0 Å². The Kier molecular flexibility index (Phi) is 4.98. The summed E-state index contributed by atoms with van der Waals surface area (Å²) in [6.07, 6.45) is 2.21. The SMILES string of the molecule is O=C(Nc1ccc2c(c1)CCO2)[C@@H]1CCCN1C(=O)c1cc(Cl)ccc1Cl. The monoisotopic (exact) mass is 404 g/mol. The highest BCUT2D eigenvalue weighted by molar-refractivity contribution is 6.35. The van der Waals surface area contributed by atoms with E-state index in [0.29, 0.717) is 40.9 Å². The summed E-state index contributed by atoms with van der Waals surface area (Å²) in [7, 11) is 0. The number of anilines is 1. The zero-order chi connectivity index (χ0) is 19.0. The van der Waals surface area contributed by atoms with E-state index in [4.69, 9.17) is 27.9 Å². The molecule has 2 heterocycles. The van der Waals surface area contributed by atoms with E-state index in [2.05, 4.69) is 5.32 Å². The molecule has 2 aliphatic heterocycles. The predicted octanol–water partition coefficient (Wildman–Crippen LogP) is 4.17. The van der Waals surface area contributed by atoms with Crippen molar-refractivity contribution in [1.29, 1.82) is 0 Å². The molecule has 0 aromatic heterocycles. The molecule has 140 valence electrons. The van der Waals surface area contributed by atoms with E-state index in [9.17, 15) is 9.59 Å². The second-order valence-corrected chi connectivity index (χ2v) is 7.53. The van der Waals surface area contributed by atoms with Gasteiger partial charge in [0.05, 0.1) is 17.2 Å². The number of nitrogens with zero attached hydrogens (tertiary/aromatic N) is 1. The van der Waals surface area contributed by atoms with Gasteiger partial charge in [-0.2, -0.15) is 0 Å². The molecule has 27 heavy (non-hydrogen) atoms. The number of carbonyl (C=O) groups excluding carboxylic acids is 2. The number of ether oxygens (including phenoxy) is 1. The third-order valence-electron chi connectivity index (χ3n) is 4.93. The Hall–Kier alpha value is -2.24. The van der Waals surface area contributed by atoms with Crippen molar-refractivity contribution in [2.75, 3.05) is 18.5 Å². The van der Waals surface area contributed by atoms with Crippen LogP contribution in [-0.4, -0.2) is 35.9 Å². The Balaban J connectivity index is 1.51. The number of amides is 2. The fourth-order valence-corrected chi connectivity index (χ4v) is 3.96. The molecule has 1 N–H and O–H groups in total. The van der Waals surface area contributed by atoms with Crippen LogP contribution in [-0.2, 0) is 11.2 Å². The van der Waals surface area contributed by atoms with Gasteiger partial charge >= 0.3 is 0 Å². The first-order valence-corrected chi connectivity index (χ1v) is 9.61. The van der Waals surface area contributed by atoms with Crippen LogP contribution in [0.15, 0.2) is 36.4 Å². The minimum absolute atomic E-state index is 0.196. The lowest BCUT2D eigenvalue weighted by atomic mass is 10.1. The number of halogens is 2. The van der Waals surface area contributed by atoms with Gasteiger partial charge in [0.25, 0.3) is 5.91 Å².